The molecular formula is C72H49F2N5S. The number of hydrogen-bond donors (Lipinski definition) is 0. The zero-order valence-electron chi connectivity index (χ0n) is 44.0. The van der Waals surface area contributed by atoms with Crippen molar-refractivity contribution in [2.24, 2.45) is 0 Å². The van der Waals surface area contributed by atoms with Crippen molar-refractivity contribution in [1.82, 2.24) is 8.75 Å². The number of rotatable bonds is 10. The lowest BCUT2D eigenvalue weighted by atomic mass is 9.80. The van der Waals surface area contributed by atoms with Gasteiger partial charge in [0.05, 0.1) is 17.8 Å². The lowest BCUT2D eigenvalue weighted by Gasteiger charge is -2.25. The highest BCUT2D eigenvalue weighted by Gasteiger charge is 2.41. The van der Waals surface area contributed by atoms with Crippen LogP contribution in [0.5, 0.6) is 0 Å². The third kappa shape index (κ3) is 7.76. The van der Waals surface area contributed by atoms with Crippen LogP contribution in [0, 0.1) is 23.0 Å². The average Bonchev–Trinajstić information content (AvgIpc) is 4.17. The summed E-state index contributed by atoms with van der Waals surface area (Å²) in [6.07, 6.45) is 0. The van der Waals surface area contributed by atoms with Gasteiger partial charge in [0, 0.05) is 50.7 Å². The molecule has 14 rings (SSSR count). The highest BCUT2D eigenvalue weighted by Crippen LogP contribution is 2.54. The van der Waals surface area contributed by atoms with Crippen LogP contribution >= 0.6 is 11.7 Å². The molecule has 0 fully saturated rings. The van der Waals surface area contributed by atoms with Gasteiger partial charge in [0.2, 0.25) is 0 Å². The Bertz CT molecular complexity index is 4340. The van der Waals surface area contributed by atoms with Gasteiger partial charge in [0.15, 0.2) is 11.6 Å². The maximum absolute atomic E-state index is 17.2. The number of benzene rings is 11. The molecule has 0 aliphatic heterocycles. The number of nitrogens with zero attached hydrogens (tertiary/aromatic N) is 5. The van der Waals surface area contributed by atoms with Gasteiger partial charge in [-0.1, -0.05) is 159 Å². The van der Waals surface area contributed by atoms with E-state index in [9.17, 15) is 5.26 Å². The monoisotopic (exact) mass is 1050 g/mol. The number of anilines is 6. The standard InChI is InChI=1S/C72H49F2N5S/c1-71(2)61-40-47(45-24-32-55(33-25-45)78(51-16-8-4-9-17-51)52-18-10-5-11-19-52)28-36-57(61)58-38-30-49(42-62(58)71)65-67(73)68(74)66(70-69(65)76-80-77-70)50-31-39-60-59-37-29-48(41-63(59)72(3,44-75)64(60)43-50)46-26-34-56(35-27-46)79(53-20-12-6-13-21-53)54-22-14-7-15-23-54/h4-43H,1-3H3. The molecule has 0 spiro atoms. The van der Waals surface area contributed by atoms with E-state index in [1.807, 2.05) is 91.9 Å². The topological polar surface area (TPSA) is 56.1 Å². The summed E-state index contributed by atoms with van der Waals surface area (Å²) in [6, 6.07) is 85.4. The average molecular weight is 1050 g/mol. The number of nitriles is 1. The quantitative estimate of drug-likeness (QED) is 0.137. The van der Waals surface area contributed by atoms with Crippen LogP contribution in [0.15, 0.2) is 243 Å². The van der Waals surface area contributed by atoms with E-state index in [1.165, 1.54) is 0 Å². The second-order valence-electron chi connectivity index (χ2n) is 21.3. The van der Waals surface area contributed by atoms with Gasteiger partial charge >= 0.3 is 0 Å². The van der Waals surface area contributed by atoms with Crippen molar-refractivity contribution in [1.29, 1.82) is 5.26 Å². The lowest BCUT2D eigenvalue weighted by Crippen LogP contribution is -2.18. The molecule has 0 N–H and O–H groups in total. The SMILES string of the molecule is CC1(C)c2cc(-c3ccc(N(c4ccccc4)c4ccccc4)cc3)ccc2-c2ccc(-c3c(F)c(F)c(-c4ccc5c(c4)C(C)(C#N)c4cc(-c6ccc(N(c7ccccc7)c7ccccc7)cc6)ccc4-5)c4nsnc34)cc21. The van der Waals surface area contributed by atoms with E-state index in [1.54, 1.807) is 0 Å². The van der Waals surface area contributed by atoms with Crippen LogP contribution in [-0.4, -0.2) is 8.75 Å². The summed E-state index contributed by atoms with van der Waals surface area (Å²) in [4.78, 5) is 4.47. The van der Waals surface area contributed by atoms with Gasteiger partial charge < -0.3 is 9.80 Å². The Morgan fingerprint density at radius 2 is 0.650 bits per heavy atom. The summed E-state index contributed by atoms with van der Waals surface area (Å²) >= 11 is 0.930. The third-order valence-electron chi connectivity index (χ3n) is 16.5. The molecule has 1 aromatic heterocycles. The van der Waals surface area contributed by atoms with Gasteiger partial charge in [-0.25, -0.2) is 8.78 Å². The maximum Gasteiger partial charge on any atom is 0.169 e. The number of aromatic nitrogens is 2. The third-order valence-corrected chi connectivity index (χ3v) is 17.0. The van der Waals surface area contributed by atoms with E-state index in [0.717, 1.165) is 113 Å². The Morgan fingerprint density at radius 1 is 0.362 bits per heavy atom. The normalized spacial score (nSPS) is 14.4. The number of hydrogen-bond acceptors (Lipinski definition) is 6. The minimum absolute atomic E-state index is 0.0252. The van der Waals surface area contributed by atoms with Crippen LogP contribution in [0.3, 0.4) is 0 Å². The second kappa shape index (κ2) is 19.0. The van der Waals surface area contributed by atoms with Gasteiger partial charge in [-0.3, -0.25) is 0 Å². The van der Waals surface area contributed by atoms with Crippen molar-refractivity contribution < 1.29 is 8.78 Å². The first kappa shape index (κ1) is 48.6. The highest BCUT2D eigenvalue weighted by atomic mass is 32.1. The molecule has 0 amide bonds. The number of para-hydroxylation sites is 4. The van der Waals surface area contributed by atoms with E-state index >= 15 is 8.78 Å². The fourth-order valence-corrected chi connectivity index (χ4v) is 12.9. The van der Waals surface area contributed by atoms with Gasteiger partial charge in [0.1, 0.15) is 16.4 Å². The minimum Gasteiger partial charge on any atom is -0.311 e. The number of halogens is 2. The highest BCUT2D eigenvalue weighted by molar-refractivity contribution is 7.00. The Kier molecular flexibility index (Phi) is 11.5. The van der Waals surface area contributed by atoms with Crippen molar-refractivity contribution in [3.63, 3.8) is 0 Å². The van der Waals surface area contributed by atoms with Crippen LogP contribution in [-0.2, 0) is 10.8 Å². The fourth-order valence-electron chi connectivity index (χ4n) is 12.3. The summed E-state index contributed by atoms with van der Waals surface area (Å²) < 4.78 is 43.7. The molecule has 1 atom stereocenters. The predicted octanol–water partition coefficient (Wildman–Crippen LogP) is 19.7. The van der Waals surface area contributed by atoms with E-state index in [-0.39, 0.29) is 16.6 Å². The molecular weight excluding hydrogens is 1000 g/mol. The van der Waals surface area contributed by atoms with Crippen molar-refractivity contribution in [2.45, 2.75) is 31.6 Å². The van der Waals surface area contributed by atoms with E-state index in [4.69, 9.17) is 0 Å². The molecule has 2 aliphatic rings. The van der Waals surface area contributed by atoms with Gasteiger partial charge in [-0.2, -0.15) is 14.0 Å². The van der Waals surface area contributed by atoms with Crippen LogP contribution in [0.25, 0.3) is 77.8 Å². The molecule has 8 heteroatoms. The Hall–Kier alpha value is -9.81. The van der Waals surface area contributed by atoms with Gasteiger partial charge in [0.25, 0.3) is 0 Å². The van der Waals surface area contributed by atoms with Gasteiger partial charge in [-0.05, 0) is 182 Å². The summed E-state index contributed by atoms with van der Waals surface area (Å²) in [5.74, 6) is -2.00. The maximum atomic E-state index is 17.2. The van der Waals surface area contributed by atoms with Gasteiger partial charge in [-0.15, -0.1) is 0 Å². The van der Waals surface area contributed by atoms with E-state index in [2.05, 4.69) is 196 Å². The minimum atomic E-state index is -1.09. The fraction of sp³-hybridized carbons (Fsp3) is 0.0694. The second-order valence-corrected chi connectivity index (χ2v) is 21.9. The van der Waals surface area contributed by atoms with E-state index in [0.29, 0.717) is 16.6 Å². The lowest BCUT2D eigenvalue weighted by molar-refractivity contribution is 0.515. The Balaban J connectivity index is 0.763. The molecule has 2 aliphatic carbocycles. The zero-order chi connectivity index (χ0) is 54.3. The summed E-state index contributed by atoms with van der Waals surface area (Å²) in [5, 5.41) is 11.1. The molecule has 11 aromatic carbocycles. The Labute approximate surface area is 467 Å². The molecule has 0 bridgehead atoms. The van der Waals surface area contributed by atoms with Crippen molar-refractivity contribution in [3.8, 4) is 72.8 Å². The van der Waals surface area contributed by atoms with Crippen LogP contribution in [0.1, 0.15) is 43.0 Å². The molecule has 0 saturated carbocycles. The largest absolute Gasteiger partial charge is 0.311 e. The van der Waals surface area contributed by atoms with Crippen LogP contribution < -0.4 is 9.80 Å². The van der Waals surface area contributed by atoms with E-state index < -0.39 is 22.5 Å². The molecule has 80 heavy (non-hydrogen) atoms. The first-order chi connectivity index (χ1) is 39.1. The smallest absolute Gasteiger partial charge is 0.169 e. The first-order valence-corrected chi connectivity index (χ1v) is 27.5. The summed E-state index contributed by atoms with van der Waals surface area (Å²) in [5.41, 5.74) is 18.3. The first-order valence-electron chi connectivity index (χ1n) is 26.7. The van der Waals surface area contributed by atoms with Crippen LogP contribution in [0.4, 0.5) is 42.9 Å². The van der Waals surface area contributed by atoms with Crippen molar-refractivity contribution in [2.75, 3.05) is 9.80 Å². The zero-order valence-corrected chi connectivity index (χ0v) is 44.8. The molecule has 382 valence electrons. The molecule has 0 saturated heterocycles. The predicted molar refractivity (Wildman–Crippen MR) is 324 cm³/mol. The molecule has 1 heterocycles. The number of fused-ring (bicyclic) bond motifs is 7. The Morgan fingerprint density at radius 3 is 1.01 bits per heavy atom. The van der Waals surface area contributed by atoms with Crippen LogP contribution in [0.2, 0.25) is 0 Å². The molecule has 1 unspecified atom stereocenters. The molecule has 0 radical (unpaired) electrons. The summed E-state index contributed by atoms with van der Waals surface area (Å²) in [7, 11) is 0. The molecule has 12 aromatic rings. The summed E-state index contributed by atoms with van der Waals surface area (Å²) in [6.45, 7) is 6.29. The van der Waals surface area contributed by atoms with Crippen molar-refractivity contribution in [3.05, 3.63) is 277 Å². The van der Waals surface area contributed by atoms with Crippen molar-refractivity contribution >= 4 is 56.9 Å². The molecule has 5 nitrogen and oxygen atoms in total.